The summed E-state index contributed by atoms with van der Waals surface area (Å²) in [5, 5.41) is 21.8. The van der Waals surface area contributed by atoms with Crippen LogP contribution in [0.4, 0.5) is 5.69 Å². The molecule has 1 aliphatic heterocycles. The molecule has 5 rings (SSSR count). The van der Waals surface area contributed by atoms with Crippen molar-refractivity contribution in [3.8, 4) is 17.6 Å². The summed E-state index contributed by atoms with van der Waals surface area (Å²) >= 11 is 3.38. The molecule has 0 spiro atoms. The first-order chi connectivity index (χ1) is 17.3. The van der Waals surface area contributed by atoms with Crippen LogP contribution < -0.4 is 15.2 Å². The van der Waals surface area contributed by atoms with Crippen molar-refractivity contribution < 1.29 is 23.6 Å². The Labute approximate surface area is 212 Å². The zero-order chi connectivity index (χ0) is 25.6. The van der Waals surface area contributed by atoms with Gasteiger partial charge in [0.1, 0.15) is 28.7 Å². The number of nitro groups is 1. The largest absolute Gasteiger partial charge is 0.449 e. The van der Waals surface area contributed by atoms with E-state index in [-0.39, 0.29) is 34.4 Å². The van der Waals surface area contributed by atoms with Crippen LogP contribution in [0.5, 0.6) is 11.5 Å². The maximum absolute atomic E-state index is 12.9. The summed E-state index contributed by atoms with van der Waals surface area (Å²) in [6, 6.07) is 18.1. The highest BCUT2D eigenvalue weighted by molar-refractivity contribution is 9.10. The van der Waals surface area contributed by atoms with Crippen molar-refractivity contribution in [2.75, 3.05) is 0 Å². The molecule has 1 atom stereocenters. The molecule has 1 aliphatic rings. The minimum absolute atomic E-state index is 0.0717. The van der Waals surface area contributed by atoms with Gasteiger partial charge in [-0.3, -0.25) is 10.1 Å². The van der Waals surface area contributed by atoms with Gasteiger partial charge in [0.2, 0.25) is 11.6 Å². The van der Waals surface area contributed by atoms with Crippen molar-refractivity contribution >= 4 is 38.6 Å². The Morgan fingerprint density at radius 3 is 2.75 bits per heavy atom. The van der Waals surface area contributed by atoms with E-state index in [0.717, 1.165) is 9.86 Å². The summed E-state index contributed by atoms with van der Waals surface area (Å²) in [7, 11) is 0. The van der Waals surface area contributed by atoms with E-state index in [1.165, 1.54) is 24.3 Å². The number of nitrogens with two attached hydrogens (primary N) is 1. The van der Waals surface area contributed by atoms with Crippen LogP contribution in [-0.2, 0) is 0 Å². The first-order valence-corrected chi connectivity index (χ1v) is 11.4. The van der Waals surface area contributed by atoms with E-state index in [2.05, 4.69) is 15.9 Å². The highest BCUT2D eigenvalue weighted by Crippen LogP contribution is 2.44. The van der Waals surface area contributed by atoms with Crippen LogP contribution in [0.25, 0.3) is 11.0 Å². The Bertz CT molecular complexity index is 1650. The lowest BCUT2D eigenvalue weighted by Gasteiger charge is -2.26. The Morgan fingerprint density at radius 1 is 1.19 bits per heavy atom. The first kappa shape index (κ1) is 23.1. The zero-order valence-electron chi connectivity index (χ0n) is 18.7. The minimum atomic E-state index is -0.695. The number of nitro benzene ring substituents is 1. The average molecular weight is 546 g/mol. The summed E-state index contributed by atoms with van der Waals surface area (Å²) in [6.07, 6.45) is 0. The first-order valence-electron chi connectivity index (χ1n) is 10.6. The molecule has 2 N–H and O–H groups in total. The molecule has 0 saturated carbocycles. The number of furan rings is 1. The molecule has 1 unspecified atom stereocenters. The van der Waals surface area contributed by atoms with Crippen LogP contribution >= 0.6 is 15.9 Å². The molecule has 0 radical (unpaired) electrons. The maximum Gasteiger partial charge on any atom is 0.379 e. The van der Waals surface area contributed by atoms with Gasteiger partial charge >= 0.3 is 5.97 Å². The molecule has 0 amide bonds. The topological polar surface area (TPSA) is 142 Å². The highest BCUT2D eigenvalue weighted by Gasteiger charge is 2.32. The third kappa shape index (κ3) is 3.95. The van der Waals surface area contributed by atoms with E-state index < -0.39 is 16.8 Å². The van der Waals surface area contributed by atoms with Crippen molar-refractivity contribution in [2.24, 2.45) is 5.73 Å². The number of hydrogen-bond donors (Lipinski definition) is 1. The van der Waals surface area contributed by atoms with E-state index in [1.807, 2.05) is 18.2 Å². The number of nitrogens with zero attached hydrogens (tertiary/aromatic N) is 2. The Kier molecular flexibility index (Phi) is 5.70. The molecule has 0 aliphatic carbocycles. The van der Waals surface area contributed by atoms with Gasteiger partial charge in [-0.25, -0.2) is 4.79 Å². The molecule has 2 heterocycles. The SMILES string of the molecule is Cc1c(C(=O)Oc2ccc3c(c2)OC(N)=C(C#N)C3c2cccc([N+](=O)[O-])c2)oc2cc(Br)ccc12. The standard InChI is InChI=1S/C26H16BrN3O6/c1-13-18-7-5-15(27)10-21(18)35-24(13)26(31)34-17-6-8-19-22(11-17)36-25(29)20(12-28)23(19)14-3-2-4-16(9-14)30(32)33/h2-11,23H,29H2,1H3. The summed E-state index contributed by atoms with van der Waals surface area (Å²) < 4.78 is 17.7. The number of aryl methyl sites for hydroxylation is 1. The number of allylic oxidation sites excluding steroid dienone is 1. The van der Waals surface area contributed by atoms with Crippen LogP contribution in [0.3, 0.4) is 0 Å². The van der Waals surface area contributed by atoms with E-state index in [9.17, 15) is 20.2 Å². The van der Waals surface area contributed by atoms with E-state index in [1.54, 1.807) is 31.2 Å². The minimum Gasteiger partial charge on any atom is -0.449 e. The van der Waals surface area contributed by atoms with Crippen molar-refractivity contribution in [1.82, 2.24) is 0 Å². The van der Waals surface area contributed by atoms with E-state index in [0.29, 0.717) is 22.3 Å². The lowest BCUT2D eigenvalue weighted by molar-refractivity contribution is -0.384. The van der Waals surface area contributed by atoms with Crippen LogP contribution in [-0.4, -0.2) is 10.9 Å². The van der Waals surface area contributed by atoms with Crippen molar-refractivity contribution in [2.45, 2.75) is 12.8 Å². The number of carbonyl (C=O) groups excluding carboxylic acids is 1. The number of fused-ring (bicyclic) bond motifs is 2. The fourth-order valence-corrected chi connectivity index (χ4v) is 4.55. The molecule has 0 saturated heterocycles. The second kappa shape index (κ2) is 8.87. The van der Waals surface area contributed by atoms with E-state index >= 15 is 0 Å². The highest BCUT2D eigenvalue weighted by atomic mass is 79.9. The van der Waals surface area contributed by atoms with E-state index in [4.69, 9.17) is 19.6 Å². The molecule has 1 aromatic heterocycles. The van der Waals surface area contributed by atoms with Crippen LogP contribution in [0.1, 0.15) is 33.2 Å². The number of rotatable bonds is 4. The number of nitriles is 1. The number of esters is 1. The van der Waals surface area contributed by atoms with Gasteiger partial charge in [0.15, 0.2) is 0 Å². The zero-order valence-corrected chi connectivity index (χ0v) is 20.2. The number of ether oxygens (including phenoxy) is 2. The van der Waals surface area contributed by atoms with Gasteiger partial charge in [-0.1, -0.05) is 34.1 Å². The lowest BCUT2D eigenvalue weighted by atomic mass is 9.83. The molecule has 0 bridgehead atoms. The molecule has 4 aromatic rings. The van der Waals surface area contributed by atoms with Crippen molar-refractivity contribution in [3.05, 3.63) is 109 Å². The summed E-state index contributed by atoms with van der Waals surface area (Å²) in [5.74, 6) is -1.01. The molecule has 178 valence electrons. The van der Waals surface area contributed by atoms with Gasteiger partial charge < -0.3 is 19.6 Å². The van der Waals surface area contributed by atoms with Gasteiger partial charge in [-0.2, -0.15) is 5.26 Å². The predicted octanol–water partition coefficient (Wildman–Crippen LogP) is 5.85. The average Bonchev–Trinajstić information content (AvgIpc) is 3.18. The van der Waals surface area contributed by atoms with Gasteiger partial charge in [-0.15, -0.1) is 0 Å². The normalized spacial score (nSPS) is 14.6. The van der Waals surface area contributed by atoms with Gasteiger partial charge in [0.25, 0.3) is 5.69 Å². The monoisotopic (exact) mass is 545 g/mol. The van der Waals surface area contributed by atoms with Crippen molar-refractivity contribution in [3.63, 3.8) is 0 Å². The summed E-state index contributed by atoms with van der Waals surface area (Å²) in [5.41, 5.74) is 8.27. The summed E-state index contributed by atoms with van der Waals surface area (Å²) in [4.78, 5) is 23.7. The number of benzene rings is 3. The molecule has 3 aromatic carbocycles. The maximum atomic E-state index is 12.9. The Morgan fingerprint density at radius 2 is 2.00 bits per heavy atom. The Balaban J connectivity index is 1.50. The van der Waals surface area contributed by atoms with Crippen LogP contribution in [0.15, 0.2) is 81.0 Å². The predicted molar refractivity (Wildman–Crippen MR) is 132 cm³/mol. The van der Waals surface area contributed by atoms with Gasteiger partial charge in [0.05, 0.1) is 10.8 Å². The fourth-order valence-electron chi connectivity index (χ4n) is 4.21. The Hall–Kier alpha value is -4.62. The van der Waals surface area contributed by atoms with Gasteiger partial charge in [-0.05, 0) is 36.8 Å². The smallest absolute Gasteiger partial charge is 0.379 e. The van der Waals surface area contributed by atoms with Crippen LogP contribution in [0.2, 0.25) is 0 Å². The van der Waals surface area contributed by atoms with Gasteiger partial charge in [0, 0.05) is 39.2 Å². The molecular weight excluding hydrogens is 530 g/mol. The fraction of sp³-hybridized carbons (Fsp3) is 0.0769. The second-order valence-electron chi connectivity index (χ2n) is 8.06. The summed E-state index contributed by atoms with van der Waals surface area (Å²) in [6.45, 7) is 1.77. The number of hydrogen-bond acceptors (Lipinski definition) is 8. The lowest BCUT2D eigenvalue weighted by Crippen LogP contribution is -2.21. The second-order valence-corrected chi connectivity index (χ2v) is 8.98. The van der Waals surface area contributed by atoms with Crippen molar-refractivity contribution in [1.29, 1.82) is 5.26 Å². The number of non-ortho nitro benzene ring substituents is 1. The third-order valence-electron chi connectivity index (χ3n) is 5.90. The van der Waals surface area contributed by atoms with Crippen LogP contribution in [0, 0.1) is 28.4 Å². The molecule has 9 nitrogen and oxygen atoms in total. The molecular formula is C26H16BrN3O6. The quantitative estimate of drug-likeness (QED) is 0.145. The molecule has 36 heavy (non-hydrogen) atoms. The molecule has 0 fully saturated rings. The molecule has 10 heteroatoms. The number of carbonyl (C=O) groups is 1. The number of halogens is 1. The third-order valence-corrected chi connectivity index (χ3v) is 6.39.